The van der Waals surface area contributed by atoms with Gasteiger partial charge in [0.2, 0.25) is 0 Å². The number of anilines is 1. The van der Waals surface area contributed by atoms with Crippen LogP contribution < -0.4 is 11.1 Å². The van der Waals surface area contributed by atoms with Gasteiger partial charge in [0.25, 0.3) is 0 Å². The fourth-order valence-corrected chi connectivity index (χ4v) is 2.16. The molecule has 0 radical (unpaired) electrons. The van der Waals surface area contributed by atoms with Crippen LogP contribution in [0.5, 0.6) is 0 Å². The van der Waals surface area contributed by atoms with Gasteiger partial charge >= 0.3 is 6.09 Å². The quantitative estimate of drug-likeness (QED) is 0.598. The van der Waals surface area contributed by atoms with Crippen LogP contribution in [0.2, 0.25) is 5.02 Å². The van der Waals surface area contributed by atoms with E-state index >= 15 is 0 Å². The van der Waals surface area contributed by atoms with Crippen molar-refractivity contribution in [3.8, 4) is 0 Å². The Labute approximate surface area is 144 Å². The number of hydrogen-bond acceptors (Lipinski definition) is 5. The summed E-state index contributed by atoms with van der Waals surface area (Å²) in [6.45, 7) is -0.0453. The third-order valence-corrected chi connectivity index (χ3v) is 3.74. The van der Waals surface area contributed by atoms with Gasteiger partial charge in [0.15, 0.2) is 0 Å². The minimum atomic E-state index is -1.21. The first-order chi connectivity index (χ1) is 11.5. The molecular weight excluding hydrogens is 332 g/mol. The maximum absolute atomic E-state index is 11.6. The number of aliphatic hydroxyl groups excluding tert-OH is 2. The van der Waals surface area contributed by atoms with Gasteiger partial charge in [-0.3, -0.25) is 0 Å². The van der Waals surface area contributed by atoms with E-state index in [1.807, 2.05) is 30.3 Å². The SMILES string of the molecule is Nc1cc(C(O)C(O)CNC(=O)OCc2ccccc2)ccc1Cl. The summed E-state index contributed by atoms with van der Waals surface area (Å²) in [5.41, 5.74) is 7.22. The van der Waals surface area contributed by atoms with E-state index in [-0.39, 0.29) is 13.2 Å². The molecule has 0 saturated heterocycles. The Hall–Kier alpha value is -2.28. The number of carbonyl (C=O) groups excluding carboxylic acids is 1. The summed E-state index contributed by atoms with van der Waals surface area (Å²) in [6.07, 6.45) is -3.10. The summed E-state index contributed by atoms with van der Waals surface area (Å²) in [5.74, 6) is 0. The molecule has 0 heterocycles. The number of nitrogens with two attached hydrogens (primary N) is 1. The molecule has 0 bridgehead atoms. The van der Waals surface area contributed by atoms with E-state index < -0.39 is 18.3 Å². The molecule has 2 aromatic carbocycles. The van der Waals surface area contributed by atoms with Gasteiger partial charge in [-0.15, -0.1) is 0 Å². The molecule has 6 nitrogen and oxygen atoms in total. The zero-order valence-corrected chi connectivity index (χ0v) is 13.6. The van der Waals surface area contributed by atoms with Crippen LogP contribution in [0.15, 0.2) is 48.5 Å². The highest BCUT2D eigenvalue weighted by Gasteiger charge is 2.20. The van der Waals surface area contributed by atoms with Crippen LogP contribution in [-0.4, -0.2) is 29.0 Å². The molecule has 0 spiro atoms. The van der Waals surface area contributed by atoms with Crippen LogP contribution in [0.3, 0.4) is 0 Å². The third kappa shape index (κ3) is 5.13. The van der Waals surface area contributed by atoms with Crippen molar-refractivity contribution in [3.63, 3.8) is 0 Å². The Kier molecular flexibility index (Phi) is 6.43. The maximum Gasteiger partial charge on any atom is 0.407 e. The lowest BCUT2D eigenvalue weighted by molar-refractivity contribution is 0.0184. The summed E-state index contributed by atoms with van der Waals surface area (Å²) < 4.78 is 5.02. The highest BCUT2D eigenvalue weighted by atomic mass is 35.5. The Morgan fingerprint density at radius 3 is 2.58 bits per heavy atom. The third-order valence-electron chi connectivity index (χ3n) is 3.39. The molecule has 0 aromatic heterocycles. The summed E-state index contributed by atoms with van der Waals surface area (Å²) in [7, 11) is 0. The number of alkyl carbamates (subject to hydrolysis) is 1. The number of nitrogen functional groups attached to an aromatic ring is 1. The number of aliphatic hydroxyl groups is 2. The van der Waals surface area contributed by atoms with Crippen LogP contribution in [0, 0.1) is 0 Å². The van der Waals surface area contributed by atoms with Crippen LogP contribution >= 0.6 is 11.6 Å². The minimum Gasteiger partial charge on any atom is -0.445 e. The normalized spacial score (nSPS) is 13.1. The highest BCUT2D eigenvalue weighted by Crippen LogP contribution is 2.24. The maximum atomic E-state index is 11.6. The molecule has 2 aromatic rings. The molecule has 2 atom stereocenters. The molecule has 1 amide bonds. The lowest BCUT2D eigenvalue weighted by Gasteiger charge is -2.19. The van der Waals surface area contributed by atoms with E-state index in [1.54, 1.807) is 6.07 Å². The van der Waals surface area contributed by atoms with Gasteiger partial charge in [0.1, 0.15) is 18.8 Å². The molecular formula is C17H19ClN2O4. The lowest BCUT2D eigenvalue weighted by atomic mass is 10.0. The standard InChI is InChI=1S/C17H19ClN2O4/c18-13-7-6-12(8-14(13)19)16(22)15(21)9-20-17(23)24-10-11-4-2-1-3-5-11/h1-8,15-16,21-22H,9-10,19H2,(H,20,23). The zero-order chi connectivity index (χ0) is 17.5. The average molecular weight is 351 g/mol. The molecule has 0 aliphatic carbocycles. The minimum absolute atomic E-state index is 0.124. The van der Waals surface area contributed by atoms with Gasteiger partial charge in [0.05, 0.1) is 10.7 Å². The lowest BCUT2D eigenvalue weighted by Crippen LogP contribution is -2.35. The fraction of sp³-hybridized carbons (Fsp3) is 0.235. The number of hydrogen-bond donors (Lipinski definition) is 4. The first kappa shape index (κ1) is 18.1. The van der Waals surface area contributed by atoms with Crippen molar-refractivity contribution in [1.29, 1.82) is 0 Å². The number of nitrogens with one attached hydrogen (secondary N) is 1. The van der Waals surface area contributed by atoms with Gasteiger partial charge in [-0.05, 0) is 23.3 Å². The van der Waals surface area contributed by atoms with Crippen molar-refractivity contribution in [2.45, 2.75) is 18.8 Å². The van der Waals surface area contributed by atoms with Crippen molar-refractivity contribution in [2.24, 2.45) is 0 Å². The van der Waals surface area contributed by atoms with Crippen LogP contribution in [0.25, 0.3) is 0 Å². The van der Waals surface area contributed by atoms with E-state index in [1.165, 1.54) is 12.1 Å². The van der Waals surface area contributed by atoms with Crippen molar-refractivity contribution in [3.05, 3.63) is 64.7 Å². The van der Waals surface area contributed by atoms with Crippen LogP contribution in [-0.2, 0) is 11.3 Å². The van der Waals surface area contributed by atoms with Crippen LogP contribution in [0.1, 0.15) is 17.2 Å². The van der Waals surface area contributed by atoms with Gasteiger partial charge < -0.3 is 26.0 Å². The topological polar surface area (TPSA) is 105 Å². The second kappa shape index (κ2) is 8.54. The molecule has 0 aliphatic rings. The van der Waals surface area contributed by atoms with Crippen molar-refractivity contribution < 1.29 is 19.7 Å². The van der Waals surface area contributed by atoms with E-state index in [9.17, 15) is 15.0 Å². The number of ether oxygens (including phenoxy) is 1. The monoisotopic (exact) mass is 350 g/mol. The molecule has 2 rings (SSSR count). The second-order valence-electron chi connectivity index (χ2n) is 5.24. The van der Waals surface area contributed by atoms with Gasteiger partial charge in [0, 0.05) is 6.54 Å². The predicted octanol–water partition coefficient (Wildman–Crippen LogP) is 2.24. The van der Waals surface area contributed by atoms with Crippen LogP contribution in [0.4, 0.5) is 10.5 Å². The first-order valence-corrected chi connectivity index (χ1v) is 7.71. The fourth-order valence-electron chi connectivity index (χ4n) is 2.04. The Bertz CT molecular complexity index is 682. The molecule has 0 fully saturated rings. The zero-order valence-electron chi connectivity index (χ0n) is 12.9. The summed E-state index contributed by atoms with van der Waals surface area (Å²) >= 11 is 5.81. The van der Waals surface area contributed by atoms with Crippen molar-refractivity contribution >= 4 is 23.4 Å². The van der Waals surface area contributed by atoms with Gasteiger partial charge in [-0.2, -0.15) is 0 Å². The number of amides is 1. The predicted molar refractivity (Wildman–Crippen MR) is 91.5 cm³/mol. The largest absolute Gasteiger partial charge is 0.445 e. The molecule has 2 unspecified atom stereocenters. The molecule has 0 aliphatic heterocycles. The van der Waals surface area contributed by atoms with E-state index in [2.05, 4.69) is 5.32 Å². The highest BCUT2D eigenvalue weighted by molar-refractivity contribution is 6.33. The molecule has 24 heavy (non-hydrogen) atoms. The van der Waals surface area contributed by atoms with Crippen molar-refractivity contribution in [1.82, 2.24) is 5.32 Å². The second-order valence-corrected chi connectivity index (χ2v) is 5.64. The van der Waals surface area contributed by atoms with E-state index in [4.69, 9.17) is 22.1 Å². The first-order valence-electron chi connectivity index (χ1n) is 7.33. The molecule has 7 heteroatoms. The molecule has 5 N–H and O–H groups in total. The Balaban J connectivity index is 1.80. The summed E-state index contributed by atoms with van der Waals surface area (Å²) in [6, 6.07) is 13.8. The number of halogens is 1. The number of carbonyl (C=O) groups is 1. The molecule has 0 saturated carbocycles. The van der Waals surface area contributed by atoms with E-state index in [0.717, 1.165) is 5.56 Å². The van der Waals surface area contributed by atoms with E-state index in [0.29, 0.717) is 16.3 Å². The number of benzene rings is 2. The molecule has 128 valence electrons. The summed E-state index contributed by atoms with van der Waals surface area (Å²) in [5, 5.41) is 22.8. The smallest absolute Gasteiger partial charge is 0.407 e. The Morgan fingerprint density at radius 1 is 1.21 bits per heavy atom. The van der Waals surface area contributed by atoms with Crippen molar-refractivity contribution in [2.75, 3.05) is 12.3 Å². The average Bonchev–Trinajstić information content (AvgIpc) is 2.60. The number of rotatable bonds is 6. The Morgan fingerprint density at radius 2 is 1.92 bits per heavy atom. The van der Waals surface area contributed by atoms with Gasteiger partial charge in [-0.25, -0.2) is 4.79 Å². The summed E-state index contributed by atoms with van der Waals surface area (Å²) in [4.78, 5) is 11.6. The van der Waals surface area contributed by atoms with Gasteiger partial charge in [-0.1, -0.05) is 48.0 Å².